The molecular weight excluding hydrogens is 622 g/mol. The number of hydrogen-bond donors (Lipinski definition) is 3. The first-order chi connectivity index (χ1) is 21.5. The number of fused-ring (bicyclic) bond motifs is 2. The highest BCUT2D eigenvalue weighted by atomic mass is 35.5. The number of nitrogens with two attached hydrogens (primary N) is 1. The van der Waals surface area contributed by atoms with E-state index in [1.807, 2.05) is 6.92 Å². The van der Waals surface area contributed by atoms with Gasteiger partial charge in [-0.15, -0.1) is 0 Å². The molecule has 45 heavy (non-hydrogen) atoms. The van der Waals surface area contributed by atoms with Gasteiger partial charge in [-0.05, 0) is 94.0 Å². The van der Waals surface area contributed by atoms with Crippen molar-refractivity contribution in [2.45, 2.75) is 87.9 Å². The lowest BCUT2D eigenvalue weighted by Gasteiger charge is -2.42. The lowest BCUT2D eigenvalue weighted by molar-refractivity contribution is -0.113. The second-order valence-corrected chi connectivity index (χ2v) is 15.3. The van der Waals surface area contributed by atoms with Crippen LogP contribution in [0.4, 0.5) is 14.5 Å². The molecule has 3 fully saturated rings. The molecule has 5 atom stereocenters. The lowest BCUT2D eigenvalue weighted by atomic mass is 9.67. The molecule has 0 aromatic heterocycles. The Morgan fingerprint density at radius 3 is 2.67 bits per heavy atom. The molecule has 0 spiro atoms. The van der Waals surface area contributed by atoms with Crippen molar-refractivity contribution in [1.82, 2.24) is 9.62 Å². The van der Waals surface area contributed by atoms with Gasteiger partial charge in [-0.25, -0.2) is 17.2 Å². The first-order valence-corrected chi connectivity index (χ1v) is 18.1. The van der Waals surface area contributed by atoms with Gasteiger partial charge < -0.3 is 25.9 Å². The van der Waals surface area contributed by atoms with Gasteiger partial charge in [0.25, 0.3) is 0 Å². The maximum atomic E-state index is 15.3. The Morgan fingerprint density at radius 1 is 1.18 bits per heavy atom. The van der Waals surface area contributed by atoms with Gasteiger partial charge in [0.05, 0.1) is 22.4 Å². The van der Waals surface area contributed by atoms with Crippen LogP contribution in [-0.4, -0.2) is 74.7 Å². The van der Waals surface area contributed by atoms with Crippen molar-refractivity contribution >= 4 is 33.6 Å². The third kappa shape index (κ3) is 7.88. The van der Waals surface area contributed by atoms with Gasteiger partial charge in [-0.3, -0.25) is 0 Å². The summed E-state index contributed by atoms with van der Waals surface area (Å²) in [5.74, 6) is -1.40. The van der Waals surface area contributed by atoms with Crippen LogP contribution in [0.25, 0.3) is 0 Å². The number of aldehydes is 1. The van der Waals surface area contributed by atoms with Crippen LogP contribution in [-0.2, 0) is 26.0 Å². The van der Waals surface area contributed by atoms with Crippen LogP contribution < -0.4 is 16.4 Å². The highest BCUT2D eigenvalue weighted by molar-refractivity contribution is 7.89. The molecule has 2 heterocycles. The molecule has 8 nitrogen and oxygen atoms in total. The lowest BCUT2D eigenvalue weighted by Crippen LogP contribution is -2.57. The first-order valence-electron chi connectivity index (χ1n) is 16.1. The second-order valence-electron chi connectivity index (χ2n) is 12.8. The number of sulfonamides is 1. The Morgan fingerprint density at radius 2 is 1.96 bits per heavy atom. The number of halogens is 3. The summed E-state index contributed by atoms with van der Waals surface area (Å²) < 4.78 is 63.3. The minimum Gasteiger partial charge on any atom is -0.382 e. The first kappa shape index (κ1) is 34.2. The largest absolute Gasteiger partial charge is 0.382 e. The van der Waals surface area contributed by atoms with Crippen LogP contribution >= 0.6 is 11.6 Å². The maximum absolute atomic E-state index is 15.3. The molecule has 0 radical (unpaired) electrons. The molecule has 2 bridgehead atoms. The van der Waals surface area contributed by atoms with E-state index in [4.69, 9.17) is 22.1 Å². The third-order valence-electron chi connectivity index (χ3n) is 9.89. The zero-order chi connectivity index (χ0) is 32.2. The van der Waals surface area contributed by atoms with E-state index in [1.165, 1.54) is 18.2 Å². The predicted molar refractivity (Wildman–Crippen MR) is 173 cm³/mol. The van der Waals surface area contributed by atoms with E-state index in [-0.39, 0.29) is 41.4 Å². The molecule has 248 valence electrons. The van der Waals surface area contributed by atoms with Crippen LogP contribution in [0, 0.1) is 17.6 Å². The summed E-state index contributed by atoms with van der Waals surface area (Å²) in [6, 6.07) is 9.14. The molecule has 2 aromatic rings. The number of nitrogens with one attached hydrogen (secondary N) is 2. The Labute approximate surface area is 270 Å². The fourth-order valence-corrected chi connectivity index (χ4v) is 9.48. The fourth-order valence-electron chi connectivity index (χ4n) is 7.56. The average molecular weight is 667 g/mol. The molecule has 5 rings (SSSR count). The van der Waals surface area contributed by atoms with Crippen LogP contribution in [0.15, 0.2) is 36.4 Å². The summed E-state index contributed by atoms with van der Waals surface area (Å²) in [5, 5.41) is 6.71. The minimum atomic E-state index is -3.37. The number of anilines is 1. The van der Waals surface area contributed by atoms with Crippen molar-refractivity contribution in [1.29, 1.82) is 0 Å². The van der Waals surface area contributed by atoms with Crippen LogP contribution in [0.1, 0.15) is 68.9 Å². The number of carbonyl (C=O) groups is 1. The van der Waals surface area contributed by atoms with Gasteiger partial charge in [0.1, 0.15) is 17.9 Å². The van der Waals surface area contributed by atoms with Crippen molar-refractivity contribution in [3.63, 3.8) is 0 Å². The molecule has 2 aliphatic heterocycles. The van der Waals surface area contributed by atoms with Crippen molar-refractivity contribution in [2.75, 3.05) is 37.3 Å². The molecule has 1 unspecified atom stereocenters. The third-order valence-corrected chi connectivity index (χ3v) is 12.2. The standard InChI is InChI=1S/C33H45ClF2N4O4S/c1-2-44-26-12-8-22(9-13-26)32(23-10-15-28(34)30(36)17-23)33(37,21-41)20-39-31-7-3-6-29(35)27(31)14-11-25-18-38-24-5-4-16-45(42,43)40(25)19-24/h3,6-7,10,15,17,21-22,24-26,32,38-39H,2,4-5,8-9,11-14,16,18-20,37H2,1H3/t22-,24-,25+,26-,32-,33+/m1/s1. The molecule has 1 saturated carbocycles. The van der Waals surface area contributed by atoms with E-state index in [0.717, 1.165) is 38.4 Å². The van der Waals surface area contributed by atoms with E-state index >= 15 is 4.39 Å². The SMILES string of the molecule is CCO[C@H]1CC[C@H]([C@H](c2ccc(Cl)c(F)c2)[C@@](N)(C=O)CNc2cccc(F)c2CC[C@H]2CN[C@@H]3CCCS(=O)(=O)N2C3)CC1. The number of carbonyl (C=O) groups excluding carboxylic acids is 1. The molecule has 12 heteroatoms. The van der Waals surface area contributed by atoms with E-state index < -0.39 is 33.1 Å². The van der Waals surface area contributed by atoms with E-state index in [9.17, 15) is 17.6 Å². The van der Waals surface area contributed by atoms with Gasteiger partial charge in [0, 0.05) is 55.5 Å². The Balaban J connectivity index is 1.36. The fraction of sp³-hybridized carbons (Fsp3) is 0.606. The van der Waals surface area contributed by atoms with Gasteiger partial charge in [-0.1, -0.05) is 23.7 Å². The van der Waals surface area contributed by atoms with Gasteiger partial charge in [0.15, 0.2) is 0 Å². The molecular formula is C33H45ClF2N4O4S. The van der Waals surface area contributed by atoms with E-state index in [1.54, 1.807) is 22.5 Å². The highest BCUT2D eigenvalue weighted by Gasteiger charge is 2.43. The Bertz CT molecular complexity index is 1440. The normalized spacial score (nSPS) is 28.4. The smallest absolute Gasteiger partial charge is 0.214 e. The number of ether oxygens (including phenoxy) is 1. The molecule has 4 N–H and O–H groups in total. The number of hydrogen-bond acceptors (Lipinski definition) is 7. The minimum absolute atomic E-state index is 0.00883. The van der Waals surface area contributed by atoms with Crippen LogP contribution in [0.2, 0.25) is 5.02 Å². The number of rotatable bonds is 12. The Kier molecular flexibility index (Phi) is 11.2. The van der Waals surface area contributed by atoms with Gasteiger partial charge in [0.2, 0.25) is 10.0 Å². The van der Waals surface area contributed by atoms with Crippen LogP contribution in [0.5, 0.6) is 0 Å². The highest BCUT2D eigenvalue weighted by Crippen LogP contribution is 2.43. The summed E-state index contributed by atoms with van der Waals surface area (Å²) in [7, 11) is -3.37. The molecule has 2 aromatic carbocycles. The average Bonchev–Trinajstić information content (AvgIpc) is 3.14. The summed E-state index contributed by atoms with van der Waals surface area (Å²) in [4.78, 5) is 12.8. The molecule has 1 aliphatic carbocycles. The predicted octanol–water partition coefficient (Wildman–Crippen LogP) is 5.00. The Hall–Kier alpha value is -2.15. The molecule has 0 amide bonds. The zero-order valence-corrected chi connectivity index (χ0v) is 27.4. The van der Waals surface area contributed by atoms with Gasteiger partial charge in [-0.2, -0.15) is 4.31 Å². The van der Waals surface area contributed by atoms with Crippen molar-refractivity contribution < 1.29 is 26.7 Å². The summed E-state index contributed by atoms with van der Waals surface area (Å²) in [6.07, 6.45) is 6.17. The quantitative estimate of drug-likeness (QED) is 0.273. The number of nitrogens with zero attached hydrogens (tertiary/aromatic N) is 1. The van der Waals surface area contributed by atoms with Gasteiger partial charge >= 0.3 is 0 Å². The van der Waals surface area contributed by atoms with E-state index in [2.05, 4.69) is 10.6 Å². The van der Waals surface area contributed by atoms with Crippen molar-refractivity contribution in [2.24, 2.45) is 11.7 Å². The van der Waals surface area contributed by atoms with Crippen LogP contribution in [0.3, 0.4) is 0 Å². The maximum Gasteiger partial charge on any atom is 0.214 e. The van der Waals surface area contributed by atoms with Crippen molar-refractivity contribution in [3.8, 4) is 0 Å². The topological polar surface area (TPSA) is 114 Å². The number of piperazine rings is 1. The summed E-state index contributed by atoms with van der Waals surface area (Å²) >= 11 is 6.00. The van der Waals surface area contributed by atoms with E-state index in [0.29, 0.717) is 55.8 Å². The summed E-state index contributed by atoms with van der Waals surface area (Å²) in [5.41, 5.74) is 6.97. The second kappa shape index (κ2) is 14.7. The molecule has 3 aliphatic rings. The van der Waals surface area contributed by atoms with Crippen molar-refractivity contribution in [3.05, 3.63) is 64.2 Å². The monoisotopic (exact) mass is 666 g/mol. The zero-order valence-electron chi connectivity index (χ0n) is 25.8. The number of benzene rings is 2. The molecule has 2 saturated heterocycles. The summed E-state index contributed by atoms with van der Waals surface area (Å²) in [6.45, 7) is 3.53.